The number of carbonyl (C=O) groups is 1. The van der Waals surface area contributed by atoms with Crippen LogP contribution in [0.4, 0.5) is 35.1 Å². The average Bonchev–Trinajstić information content (AvgIpc) is 3.38. The number of aryl methyl sites for hydroxylation is 1. The molecule has 4 atom stereocenters. The van der Waals surface area contributed by atoms with Crippen LogP contribution < -0.4 is 0 Å². The molecule has 3 aliphatic rings. The standard InChI is InChI=1S/C31H33F8NO5S2/c1-3-13-27(2)18-20(12-16-46(27,42)43)26(41)40-15-14-28(47(44,45)23-8-6-22(32)7-9-23)24-10-5-21(17-19(24)4-11-25(28)40)29(33,30(34,35)36)31(37,38)39/h5-10,17,20,25H,3-4,11-16,18H2,1-2H3/t20?,25-,27?,28-/m1/s1. The van der Waals surface area contributed by atoms with E-state index in [1.165, 1.54) is 4.90 Å². The molecule has 0 saturated carbocycles. The van der Waals surface area contributed by atoms with E-state index in [0.717, 1.165) is 30.3 Å². The quantitative estimate of drug-likeness (QED) is 0.245. The summed E-state index contributed by atoms with van der Waals surface area (Å²) in [5.41, 5.74) is -7.92. The molecule has 260 valence electrons. The van der Waals surface area contributed by atoms with Crippen LogP contribution in [0, 0.1) is 11.7 Å². The molecule has 2 heterocycles. The lowest BCUT2D eigenvalue weighted by Crippen LogP contribution is -2.55. The number of halogens is 8. The number of rotatable bonds is 6. The van der Waals surface area contributed by atoms with Gasteiger partial charge in [0.15, 0.2) is 19.7 Å². The predicted octanol–water partition coefficient (Wildman–Crippen LogP) is 6.72. The Balaban J connectivity index is 1.64. The molecule has 16 heteroatoms. The van der Waals surface area contributed by atoms with Crippen LogP contribution in [-0.2, 0) is 41.3 Å². The van der Waals surface area contributed by atoms with Crippen LogP contribution in [0.2, 0.25) is 0 Å². The van der Waals surface area contributed by atoms with E-state index in [-0.39, 0.29) is 66.5 Å². The van der Waals surface area contributed by atoms with Crippen molar-refractivity contribution in [2.45, 2.75) is 97.2 Å². The molecule has 0 spiro atoms. The molecule has 6 nitrogen and oxygen atoms in total. The third-order valence-corrected chi connectivity index (χ3v) is 15.4. The molecule has 5 rings (SSSR count). The zero-order valence-corrected chi connectivity index (χ0v) is 27.0. The minimum atomic E-state index is -6.38. The summed E-state index contributed by atoms with van der Waals surface area (Å²) in [4.78, 5) is 15.1. The maximum Gasteiger partial charge on any atom is 0.435 e. The molecule has 1 amide bonds. The molecule has 2 aromatic carbocycles. The van der Waals surface area contributed by atoms with E-state index in [9.17, 15) is 52.4 Å². The van der Waals surface area contributed by atoms with Crippen molar-refractivity contribution in [1.82, 2.24) is 4.90 Å². The molecule has 0 aromatic heterocycles. The van der Waals surface area contributed by atoms with Gasteiger partial charge in [0, 0.05) is 18.0 Å². The van der Waals surface area contributed by atoms with Gasteiger partial charge in [-0.3, -0.25) is 4.79 Å². The van der Waals surface area contributed by atoms with E-state index in [1.54, 1.807) is 6.92 Å². The number of carbonyl (C=O) groups excluding carboxylic acids is 1. The fourth-order valence-electron chi connectivity index (χ4n) is 7.84. The second-order valence-electron chi connectivity index (χ2n) is 12.9. The Hall–Kier alpha value is -2.75. The number of likely N-dealkylation sites (tertiary alicyclic amines) is 1. The summed E-state index contributed by atoms with van der Waals surface area (Å²) in [6.45, 7) is 3.21. The predicted molar refractivity (Wildman–Crippen MR) is 155 cm³/mol. The highest BCUT2D eigenvalue weighted by molar-refractivity contribution is 7.93. The second kappa shape index (κ2) is 11.4. The van der Waals surface area contributed by atoms with Crippen LogP contribution in [0.1, 0.15) is 69.1 Å². The Kier molecular flexibility index (Phi) is 8.63. The molecule has 0 N–H and O–H groups in total. The molecule has 0 radical (unpaired) electrons. The highest BCUT2D eigenvalue weighted by Gasteiger charge is 2.74. The van der Waals surface area contributed by atoms with Crippen LogP contribution in [0.15, 0.2) is 47.4 Å². The molecule has 47 heavy (non-hydrogen) atoms. The Bertz CT molecular complexity index is 1760. The van der Waals surface area contributed by atoms with E-state index in [4.69, 9.17) is 0 Å². The van der Waals surface area contributed by atoms with Gasteiger partial charge in [-0.25, -0.2) is 25.6 Å². The lowest BCUT2D eigenvalue weighted by molar-refractivity contribution is -0.348. The third-order valence-electron chi connectivity index (χ3n) is 10.2. The van der Waals surface area contributed by atoms with Gasteiger partial charge in [-0.1, -0.05) is 31.5 Å². The summed E-state index contributed by atoms with van der Waals surface area (Å²) in [5, 5.41) is 0. The highest BCUT2D eigenvalue weighted by Crippen LogP contribution is 2.57. The van der Waals surface area contributed by atoms with Gasteiger partial charge in [0.2, 0.25) is 5.91 Å². The fourth-order valence-corrected chi connectivity index (χ4v) is 12.3. The van der Waals surface area contributed by atoms with Gasteiger partial charge in [0.25, 0.3) is 0 Å². The van der Waals surface area contributed by atoms with Gasteiger partial charge in [0.05, 0.1) is 21.4 Å². The monoisotopic (exact) mass is 715 g/mol. The maximum absolute atomic E-state index is 15.1. The van der Waals surface area contributed by atoms with E-state index < -0.39 is 76.4 Å². The molecule has 2 fully saturated rings. The summed E-state index contributed by atoms with van der Waals surface area (Å²) in [6.07, 6.45) is -12.8. The van der Waals surface area contributed by atoms with Crippen LogP contribution in [-0.4, -0.2) is 63.1 Å². The number of hydrogen-bond acceptors (Lipinski definition) is 5. The minimum Gasteiger partial charge on any atom is -0.337 e. The van der Waals surface area contributed by atoms with Crippen molar-refractivity contribution in [1.29, 1.82) is 0 Å². The SMILES string of the molecule is CCCC1(C)CC(C(=O)N2CC[C@@]3(S(=O)(=O)c4ccc(F)cc4)c4ccc(C(F)(C(F)(F)F)C(F)(F)F)cc4CC[C@@H]23)CCS1(=O)=O. The first-order valence-electron chi connectivity index (χ1n) is 15.1. The van der Waals surface area contributed by atoms with Crippen molar-refractivity contribution < 1.29 is 56.8 Å². The summed E-state index contributed by atoms with van der Waals surface area (Å²) < 4.78 is 162. The van der Waals surface area contributed by atoms with Gasteiger partial charge in [-0.2, -0.15) is 26.3 Å². The van der Waals surface area contributed by atoms with Crippen molar-refractivity contribution in [2.24, 2.45) is 5.92 Å². The molecule has 2 unspecified atom stereocenters. The van der Waals surface area contributed by atoms with E-state index in [1.807, 2.05) is 6.92 Å². The Labute approximate surface area is 267 Å². The average molecular weight is 716 g/mol. The summed E-state index contributed by atoms with van der Waals surface area (Å²) in [6, 6.07) is 3.98. The molecular weight excluding hydrogens is 682 g/mol. The molecule has 2 aromatic rings. The smallest absolute Gasteiger partial charge is 0.337 e. The number of nitrogens with zero attached hydrogens (tertiary/aromatic N) is 1. The first-order valence-corrected chi connectivity index (χ1v) is 18.2. The molecule has 1 aliphatic carbocycles. The highest BCUT2D eigenvalue weighted by atomic mass is 32.2. The molecule has 0 bridgehead atoms. The van der Waals surface area contributed by atoms with Crippen LogP contribution in [0.3, 0.4) is 0 Å². The van der Waals surface area contributed by atoms with Gasteiger partial charge >= 0.3 is 18.0 Å². The topological polar surface area (TPSA) is 88.6 Å². The van der Waals surface area contributed by atoms with Gasteiger partial charge in [0.1, 0.15) is 10.6 Å². The van der Waals surface area contributed by atoms with Crippen LogP contribution >= 0.6 is 0 Å². The van der Waals surface area contributed by atoms with Crippen LogP contribution in [0.5, 0.6) is 0 Å². The first-order chi connectivity index (χ1) is 21.6. The van der Waals surface area contributed by atoms with Crippen molar-refractivity contribution >= 4 is 25.6 Å². The van der Waals surface area contributed by atoms with E-state index in [0.29, 0.717) is 18.9 Å². The lowest BCUT2D eigenvalue weighted by atomic mass is 9.76. The molecule has 2 aliphatic heterocycles. The van der Waals surface area contributed by atoms with Crippen LogP contribution in [0.25, 0.3) is 0 Å². The number of fused-ring (bicyclic) bond motifs is 3. The Morgan fingerprint density at radius 1 is 0.979 bits per heavy atom. The van der Waals surface area contributed by atoms with E-state index >= 15 is 4.39 Å². The number of hydrogen-bond donors (Lipinski definition) is 0. The van der Waals surface area contributed by atoms with Gasteiger partial charge < -0.3 is 4.90 Å². The number of alkyl halides is 7. The fraction of sp³-hybridized carbons (Fsp3) is 0.581. The second-order valence-corrected chi connectivity index (χ2v) is 17.7. The minimum absolute atomic E-state index is 0.00362. The Morgan fingerprint density at radius 3 is 2.17 bits per heavy atom. The first kappa shape index (κ1) is 35.6. The zero-order valence-electron chi connectivity index (χ0n) is 25.4. The molecular formula is C31H33F8NO5S2. The normalized spacial score (nSPS) is 28.1. The largest absolute Gasteiger partial charge is 0.435 e. The third kappa shape index (κ3) is 5.26. The van der Waals surface area contributed by atoms with Crippen molar-refractivity contribution in [3.05, 3.63) is 65.0 Å². The van der Waals surface area contributed by atoms with Crippen molar-refractivity contribution in [3.63, 3.8) is 0 Å². The Morgan fingerprint density at radius 2 is 1.60 bits per heavy atom. The maximum atomic E-state index is 15.1. The van der Waals surface area contributed by atoms with Crippen molar-refractivity contribution in [3.8, 4) is 0 Å². The number of sulfone groups is 2. The lowest BCUT2D eigenvalue weighted by Gasteiger charge is -2.44. The summed E-state index contributed by atoms with van der Waals surface area (Å²) in [5.74, 6) is -2.31. The summed E-state index contributed by atoms with van der Waals surface area (Å²) >= 11 is 0. The van der Waals surface area contributed by atoms with E-state index in [2.05, 4.69) is 0 Å². The van der Waals surface area contributed by atoms with Gasteiger partial charge in [-0.05, 0) is 80.8 Å². The summed E-state index contributed by atoms with van der Waals surface area (Å²) in [7, 11) is -8.18. The zero-order chi connectivity index (χ0) is 35.0. The van der Waals surface area contributed by atoms with Crippen molar-refractivity contribution in [2.75, 3.05) is 12.3 Å². The van der Waals surface area contributed by atoms with Gasteiger partial charge in [-0.15, -0.1) is 0 Å². The molecule has 2 saturated heterocycles. The number of benzene rings is 2. The number of amides is 1.